The van der Waals surface area contributed by atoms with E-state index in [-0.39, 0.29) is 0 Å². The Hall–Kier alpha value is -8.46. The molecule has 0 aliphatic rings. The molecule has 0 N–H and O–H groups in total. The van der Waals surface area contributed by atoms with Crippen LogP contribution in [0.4, 0.5) is 17.1 Å². The number of aromatic nitrogens is 1. The lowest BCUT2D eigenvalue weighted by molar-refractivity contribution is 1.17. The van der Waals surface area contributed by atoms with Crippen molar-refractivity contribution in [3.8, 4) is 50.2 Å². The summed E-state index contributed by atoms with van der Waals surface area (Å²) in [6.07, 6.45) is 0. The van der Waals surface area contributed by atoms with Gasteiger partial charge in [0.25, 0.3) is 0 Å². The van der Waals surface area contributed by atoms with Gasteiger partial charge in [0.15, 0.2) is 0 Å². The highest BCUT2D eigenvalue weighted by Gasteiger charge is 2.16. The molecule has 12 aromatic rings. The normalized spacial score (nSPS) is 11.4. The summed E-state index contributed by atoms with van der Waals surface area (Å²) in [5, 5.41) is 7.50. The van der Waals surface area contributed by atoms with Gasteiger partial charge >= 0.3 is 0 Å². The van der Waals surface area contributed by atoms with Crippen LogP contribution in [0.15, 0.2) is 255 Å². The van der Waals surface area contributed by atoms with Crippen LogP contribution in [-0.4, -0.2) is 4.57 Å². The lowest BCUT2D eigenvalue weighted by atomic mass is 9.97. The van der Waals surface area contributed by atoms with E-state index in [2.05, 4.69) is 264 Å². The molecular weight excluding hydrogens is 773 g/mol. The second kappa shape index (κ2) is 15.8. The fourth-order valence-electron chi connectivity index (χ4n) is 9.46. The van der Waals surface area contributed by atoms with E-state index in [4.69, 9.17) is 0 Å². The first-order valence-electron chi connectivity index (χ1n) is 22.0. The van der Waals surface area contributed by atoms with E-state index >= 15 is 0 Å². The van der Waals surface area contributed by atoms with Crippen LogP contribution in [-0.2, 0) is 0 Å². The molecule has 11 aromatic carbocycles. The average Bonchev–Trinajstić information content (AvgIpc) is 3.71. The van der Waals surface area contributed by atoms with Gasteiger partial charge in [-0.05, 0) is 145 Å². The molecule has 0 aliphatic carbocycles. The molecule has 0 aliphatic heterocycles. The average molecular weight is 815 g/mol. The Morgan fingerprint density at radius 1 is 0.234 bits per heavy atom. The fraction of sp³-hybridized carbons (Fsp3) is 0. The first kappa shape index (κ1) is 37.3. The standard InChI is InChI=1S/C62H42N2/c1-2-10-43(11-3-1)50-24-26-54-42-52(25-27-53(54)41-50)48-30-34-56(35-31-48)63(57-36-38-58(39-37-57)64-61-16-8-6-14-59(61)60-15-7-9-17-62(60)64)55-32-28-46(29-33-55)45-18-20-47(21-19-45)51-23-22-44-12-4-5-13-49(44)40-51/h1-42H. The summed E-state index contributed by atoms with van der Waals surface area (Å²) in [6.45, 7) is 0. The second-order valence-electron chi connectivity index (χ2n) is 16.6. The summed E-state index contributed by atoms with van der Waals surface area (Å²) >= 11 is 0. The van der Waals surface area contributed by atoms with Crippen LogP contribution in [0.25, 0.3) is 93.5 Å². The molecule has 0 unspecified atom stereocenters. The molecule has 0 atom stereocenters. The third kappa shape index (κ3) is 6.79. The minimum absolute atomic E-state index is 1.09. The fourth-order valence-corrected chi connectivity index (χ4v) is 9.46. The first-order chi connectivity index (χ1) is 31.7. The van der Waals surface area contributed by atoms with Crippen molar-refractivity contribution in [3.63, 3.8) is 0 Å². The Bertz CT molecular complexity index is 3570. The van der Waals surface area contributed by atoms with Crippen molar-refractivity contribution >= 4 is 60.4 Å². The van der Waals surface area contributed by atoms with Gasteiger partial charge in [0.1, 0.15) is 0 Å². The Morgan fingerprint density at radius 3 is 1.06 bits per heavy atom. The van der Waals surface area contributed by atoms with Gasteiger partial charge < -0.3 is 9.47 Å². The number of hydrogen-bond acceptors (Lipinski definition) is 1. The molecule has 0 saturated carbocycles. The summed E-state index contributed by atoms with van der Waals surface area (Å²) in [5.74, 6) is 0. The highest BCUT2D eigenvalue weighted by atomic mass is 15.1. The van der Waals surface area contributed by atoms with Crippen molar-refractivity contribution in [3.05, 3.63) is 255 Å². The number of para-hydroxylation sites is 2. The molecule has 64 heavy (non-hydrogen) atoms. The van der Waals surface area contributed by atoms with E-state index in [1.807, 2.05) is 0 Å². The van der Waals surface area contributed by atoms with Crippen LogP contribution < -0.4 is 4.90 Å². The molecule has 12 rings (SSSR count). The van der Waals surface area contributed by atoms with E-state index in [9.17, 15) is 0 Å². The molecule has 0 radical (unpaired) electrons. The summed E-state index contributed by atoms with van der Waals surface area (Å²) < 4.78 is 2.37. The van der Waals surface area contributed by atoms with Crippen LogP contribution in [0.1, 0.15) is 0 Å². The molecule has 0 spiro atoms. The number of rotatable bonds is 8. The molecule has 0 fully saturated rings. The van der Waals surface area contributed by atoms with Gasteiger partial charge in [-0.2, -0.15) is 0 Å². The van der Waals surface area contributed by atoms with E-state index in [0.29, 0.717) is 0 Å². The summed E-state index contributed by atoms with van der Waals surface area (Å²) in [6, 6.07) is 92.6. The van der Waals surface area contributed by atoms with Crippen molar-refractivity contribution in [1.29, 1.82) is 0 Å². The maximum absolute atomic E-state index is 2.37. The quantitative estimate of drug-likeness (QED) is 0.148. The van der Waals surface area contributed by atoms with Crippen LogP contribution in [0, 0.1) is 0 Å². The maximum atomic E-state index is 2.37. The third-order valence-corrected chi connectivity index (χ3v) is 12.8. The first-order valence-corrected chi connectivity index (χ1v) is 22.0. The van der Waals surface area contributed by atoms with E-state index in [0.717, 1.165) is 22.7 Å². The monoisotopic (exact) mass is 814 g/mol. The van der Waals surface area contributed by atoms with Gasteiger partial charge in [0.2, 0.25) is 0 Å². The molecule has 0 saturated heterocycles. The molecule has 300 valence electrons. The second-order valence-corrected chi connectivity index (χ2v) is 16.6. The highest BCUT2D eigenvalue weighted by Crippen LogP contribution is 2.39. The minimum Gasteiger partial charge on any atom is -0.311 e. The van der Waals surface area contributed by atoms with E-state index < -0.39 is 0 Å². The maximum Gasteiger partial charge on any atom is 0.0541 e. The largest absolute Gasteiger partial charge is 0.311 e. The number of hydrogen-bond donors (Lipinski definition) is 0. The predicted octanol–water partition coefficient (Wildman–Crippen LogP) is 17.2. The summed E-state index contributed by atoms with van der Waals surface area (Å²) in [7, 11) is 0. The SMILES string of the molecule is c1ccc(-c2ccc3cc(-c4ccc(N(c5ccc(-c6ccc(-c7ccc8ccccc8c7)cc6)cc5)c5ccc(-n6c7ccccc7c7ccccc76)cc5)cc4)ccc3c2)cc1. The summed E-state index contributed by atoms with van der Waals surface area (Å²) in [5.41, 5.74) is 16.5. The Kier molecular flexibility index (Phi) is 9.20. The van der Waals surface area contributed by atoms with Gasteiger partial charge in [0.05, 0.1) is 11.0 Å². The van der Waals surface area contributed by atoms with Gasteiger partial charge in [-0.15, -0.1) is 0 Å². The van der Waals surface area contributed by atoms with Crippen molar-refractivity contribution in [1.82, 2.24) is 4.57 Å². The van der Waals surface area contributed by atoms with Crippen LogP contribution in [0.2, 0.25) is 0 Å². The van der Waals surface area contributed by atoms with Crippen molar-refractivity contribution in [2.24, 2.45) is 0 Å². The van der Waals surface area contributed by atoms with Gasteiger partial charge in [-0.1, -0.05) is 176 Å². The van der Waals surface area contributed by atoms with Crippen LogP contribution in [0.3, 0.4) is 0 Å². The highest BCUT2D eigenvalue weighted by molar-refractivity contribution is 6.09. The summed E-state index contributed by atoms with van der Waals surface area (Å²) in [4.78, 5) is 2.36. The smallest absolute Gasteiger partial charge is 0.0541 e. The zero-order chi connectivity index (χ0) is 42.4. The molecule has 0 bridgehead atoms. The Balaban J connectivity index is 0.886. The lowest BCUT2D eigenvalue weighted by Gasteiger charge is -2.26. The Morgan fingerprint density at radius 2 is 0.562 bits per heavy atom. The predicted molar refractivity (Wildman–Crippen MR) is 272 cm³/mol. The number of nitrogens with zero attached hydrogens (tertiary/aromatic N) is 2. The number of benzene rings is 11. The van der Waals surface area contributed by atoms with E-state index in [1.54, 1.807) is 0 Å². The zero-order valence-corrected chi connectivity index (χ0v) is 35.1. The van der Waals surface area contributed by atoms with Crippen molar-refractivity contribution in [2.45, 2.75) is 0 Å². The molecule has 1 aromatic heterocycles. The molecule has 2 nitrogen and oxygen atoms in total. The molecule has 1 heterocycles. The molecule has 2 heteroatoms. The van der Waals surface area contributed by atoms with Crippen molar-refractivity contribution < 1.29 is 0 Å². The Labute approximate surface area is 373 Å². The molecule has 0 amide bonds. The third-order valence-electron chi connectivity index (χ3n) is 12.8. The lowest BCUT2D eigenvalue weighted by Crippen LogP contribution is -2.10. The zero-order valence-electron chi connectivity index (χ0n) is 35.1. The minimum atomic E-state index is 1.09. The number of fused-ring (bicyclic) bond motifs is 5. The van der Waals surface area contributed by atoms with Crippen molar-refractivity contribution in [2.75, 3.05) is 4.90 Å². The number of anilines is 3. The van der Waals surface area contributed by atoms with Crippen LogP contribution >= 0.6 is 0 Å². The van der Waals surface area contributed by atoms with E-state index in [1.165, 1.54) is 87.9 Å². The van der Waals surface area contributed by atoms with Crippen LogP contribution in [0.5, 0.6) is 0 Å². The van der Waals surface area contributed by atoms with Gasteiger partial charge in [-0.3, -0.25) is 0 Å². The van der Waals surface area contributed by atoms with Gasteiger partial charge in [0, 0.05) is 33.5 Å². The topological polar surface area (TPSA) is 8.17 Å². The van der Waals surface area contributed by atoms with Gasteiger partial charge in [-0.25, -0.2) is 0 Å². The molecular formula is C62H42N2.